The second kappa shape index (κ2) is 8.02. The van der Waals surface area contributed by atoms with Crippen molar-refractivity contribution >= 4 is 29.3 Å². The van der Waals surface area contributed by atoms with Crippen LogP contribution in [0.5, 0.6) is 11.5 Å². The third-order valence-corrected chi connectivity index (χ3v) is 7.61. The molecule has 0 aliphatic carbocycles. The first-order chi connectivity index (χ1) is 11.6. The number of ketones is 1. The van der Waals surface area contributed by atoms with Crippen molar-refractivity contribution in [3.05, 3.63) is 23.8 Å². The van der Waals surface area contributed by atoms with Crippen LogP contribution in [0.1, 0.15) is 31.7 Å². The van der Waals surface area contributed by atoms with Crippen molar-refractivity contribution in [1.29, 1.82) is 0 Å². The van der Waals surface area contributed by atoms with E-state index in [1.54, 1.807) is 14.0 Å². The first-order valence-electron chi connectivity index (χ1n) is 8.33. The molecule has 2 aliphatic rings. The standard InChI is InChI=1S/C18H24O4S2/c1-13(19)11-18(23-8-3-9-24-18)14-4-5-16(20-2)17(10-14)22-15-6-7-21-12-15/h4-5,10,15H,3,6-9,11-12H2,1-2H3/t15-/m1/s1. The van der Waals surface area contributed by atoms with Gasteiger partial charge in [0.2, 0.25) is 0 Å². The third kappa shape index (κ3) is 4.03. The van der Waals surface area contributed by atoms with E-state index in [1.165, 1.54) is 6.42 Å². The topological polar surface area (TPSA) is 44.8 Å². The Kier molecular flexibility index (Phi) is 6.00. The summed E-state index contributed by atoms with van der Waals surface area (Å²) in [7, 11) is 1.66. The van der Waals surface area contributed by atoms with Gasteiger partial charge in [0.25, 0.3) is 0 Å². The van der Waals surface area contributed by atoms with Gasteiger partial charge in [-0.1, -0.05) is 6.07 Å². The Hall–Kier alpha value is -0.850. The van der Waals surface area contributed by atoms with Gasteiger partial charge >= 0.3 is 0 Å². The van der Waals surface area contributed by atoms with Crippen LogP contribution in [0.25, 0.3) is 0 Å². The van der Waals surface area contributed by atoms with Gasteiger partial charge in [0, 0.05) is 12.8 Å². The van der Waals surface area contributed by atoms with Crippen LogP contribution >= 0.6 is 23.5 Å². The van der Waals surface area contributed by atoms with Crippen molar-refractivity contribution in [3.8, 4) is 11.5 Å². The fourth-order valence-electron chi connectivity index (χ4n) is 3.06. The summed E-state index contributed by atoms with van der Waals surface area (Å²) < 4.78 is 16.8. The first kappa shape index (κ1) is 18.0. The van der Waals surface area contributed by atoms with Gasteiger partial charge in [0.05, 0.1) is 24.4 Å². The van der Waals surface area contributed by atoms with E-state index in [9.17, 15) is 4.79 Å². The monoisotopic (exact) mass is 368 g/mol. The first-order valence-corrected chi connectivity index (χ1v) is 10.3. The number of methoxy groups -OCH3 is 1. The molecule has 0 aromatic heterocycles. The van der Waals surface area contributed by atoms with E-state index in [1.807, 2.05) is 29.6 Å². The lowest BCUT2D eigenvalue weighted by molar-refractivity contribution is -0.117. The van der Waals surface area contributed by atoms with Crippen LogP contribution in [0, 0.1) is 0 Å². The van der Waals surface area contributed by atoms with Crippen molar-refractivity contribution in [2.75, 3.05) is 31.8 Å². The second-order valence-corrected chi connectivity index (χ2v) is 9.20. The Balaban J connectivity index is 1.91. The Morgan fingerprint density at radius 2 is 2.12 bits per heavy atom. The zero-order valence-corrected chi connectivity index (χ0v) is 15.8. The minimum atomic E-state index is -0.208. The zero-order valence-electron chi connectivity index (χ0n) is 14.2. The summed E-state index contributed by atoms with van der Waals surface area (Å²) >= 11 is 3.76. The number of benzene rings is 1. The van der Waals surface area contributed by atoms with Crippen molar-refractivity contribution in [2.24, 2.45) is 0 Å². The molecule has 0 unspecified atom stereocenters. The normalized spacial score (nSPS) is 23.0. The van der Waals surface area contributed by atoms with Crippen LogP contribution in [0.3, 0.4) is 0 Å². The molecule has 2 aliphatic heterocycles. The highest BCUT2D eigenvalue weighted by atomic mass is 32.2. The molecule has 0 saturated carbocycles. The molecule has 0 bridgehead atoms. The summed E-state index contributed by atoms with van der Waals surface area (Å²) in [6.07, 6.45) is 2.70. The van der Waals surface area contributed by atoms with Crippen molar-refractivity contribution < 1.29 is 19.0 Å². The van der Waals surface area contributed by atoms with Gasteiger partial charge < -0.3 is 14.2 Å². The average Bonchev–Trinajstić information content (AvgIpc) is 3.08. The van der Waals surface area contributed by atoms with E-state index in [-0.39, 0.29) is 16.0 Å². The van der Waals surface area contributed by atoms with Crippen molar-refractivity contribution in [1.82, 2.24) is 0 Å². The molecule has 2 saturated heterocycles. The summed E-state index contributed by atoms with van der Waals surface area (Å²) in [5, 5.41) is 0. The highest BCUT2D eigenvalue weighted by Crippen LogP contribution is 2.54. The Bertz CT molecular complexity index is 578. The summed E-state index contributed by atoms with van der Waals surface area (Å²) in [5.41, 5.74) is 1.14. The second-order valence-electron chi connectivity index (χ2n) is 6.15. The molecule has 6 heteroatoms. The van der Waals surface area contributed by atoms with Crippen molar-refractivity contribution in [2.45, 2.75) is 36.4 Å². The highest BCUT2D eigenvalue weighted by Gasteiger charge is 2.37. The van der Waals surface area contributed by atoms with Gasteiger partial charge in [-0.25, -0.2) is 0 Å². The molecule has 3 rings (SSSR count). The molecule has 24 heavy (non-hydrogen) atoms. The number of carbonyl (C=O) groups is 1. The molecule has 4 nitrogen and oxygen atoms in total. The number of hydrogen-bond acceptors (Lipinski definition) is 6. The summed E-state index contributed by atoms with van der Waals surface area (Å²) in [6, 6.07) is 6.09. The van der Waals surface area contributed by atoms with Gasteiger partial charge in [-0.3, -0.25) is 4.79 Å². The van der Waals surface area contributed by atoms with E-state index in [4.69, 9.17) is 14.2 Å². The van der Waals surface area contributed by atoms with Gasteiger partial charge in [-0.05, 0) is 42.5 Å². The average molecular weight is 369 g/mol. The molecule has 2 fully saturated rings. The number of thioether (sulfide) groups is 2. The lowest BCUT2D eigenvalue weighted by Crippen LogP contribution is -2.26. The SMILES string of the molecule is COc1ccc(C2(CC(C)=O)SCCCS2)cc1O[C@@H]1CCOC1. The Labute approximate surface area is 152 Å². The van der Waals surface area contributed by atoms with E-state index < -0.39 is 0 Å². The minimum absolute atomic E-state index is 0.0737. The van der Waals surface area contributed by atoms with E-state index >= 15 is 0 Å². The quantitative estimate of drug-likeness (QED) is 0.760. The number of Topliss-reactive ketones (excluding diaryl/α,β-unsaturated/α-hetero) is 1. The molecular formula is C18H24O4S2. The highest BCUT2D eigenvalue weighted by molar-refractivity contribution is 8.18. The lowest BCUT2D eigenvalue weighted by atomic mass is 10.1. The molecule has 0 spiro atoms. The predicted molar refractivity (Wildman–Crippen MR) is 99.4 cm³/mol. The van der Waals surface area contributed by atoms with Crippen LogP contribution in [0.4, 0.5) is 0 Å². The molecular weight excluding hydrogens is 344 g/mol. The van der Waals surface area contributed by atoms with E-state index in [2.05, 4.69) is 12.1 Å². The maximum atomic E-state index is 11.9. The van der Waals surface area contributed by atoms with Gasteiger partial charge in [0.1, 0.15) is 11.9 Å². The number of rotatable bonds is 6. The maximum Gasteiger partial charge on any atom is 0.162 e. The number of ether oxygens (including phenoxy) is 3. The summed E-state index contributed by atoms with van der Waals surface area (Å²) in [5.74, 6) is 3.87. The van der Waals surface area contributed by atoms with Gasteiger partial charge in [-0.15, -0.1) is 23.5 Å². The van der Waals surface area contributed by atoms with E-state index in [0.717, 1.165) is 41.6 Å². The predicted octanol–water partition coefficient (Wildman–Crippen LogP) is 3.86. The van der Waals surface area contributed by atoms with Crippen LogP contribution in [0.15, 0.2) is 18.2 Å². The Morgan fingerprint density at radius 1 is 1.33 bits per heavy atom. The van der Waals surface area contributed by atoms with Crippen LogP contribution in [-0.4, -0.2) is 43.7 Å². The fourth-order valence-corrected chi connectivity index (χ4v) is 6.52. The summed E-state index contributed by atoms with van der Waals surface area (Å²) in [4.78, 5) is 11.9. The molecule has 132 valence electrons. The largest absolute Gasteiger partial charge is 0.493 e. The molecule has 0 amide bonds. The maximum absolute atomic E-state index is 11.9. The molecule has 2 heterocycles. The van der Waals surface area contributed by atoms with Gasteiger partial charge in [0.15, 0.2) is 11.5 Å². The van der Waals surface area contributed by atoms with Crippen LogP contribution < -0.4 is 9.47 Å². The van der Waals surface area contributed by atoms with E-state index in [0.29, 0.717) is 13.0 Å². The summed E-state index contributed by atoms with van der Waals surface area (Å²) in [6.45, 7) is 3.04. The molecule has 1 atom stereocenters. The molecule has 0 N–H and O–H groups in total. The molecule has 1 aromatic rings. The molecule has 0 radical (unpaired) electrons. The Morgan fingerprint density at radius 3 is 2.75 bits per heavy atom. The van der Waals surface area contributed by atoms with Crippen LogP contribution in [0.2, 0.25) is 0 Å². The number of hydrogen-bond donors (Lipinski definition) is 0. The third-order valence-electron chi connectivity index (χ3n) is 4.23. The van der Waals surface area contributed by atoms with Crippen LogP contribution in [-0.2, 0) is 13.6 Å². The van der Waals surface area contributed by atoms with Crippen molar-refractivity contribution in [3.63, 3.8) is 0 Å². The van der Waals surface area contributed by atoms with Gasteiger partial charge in [-0.2, -0.15) is 0 Å². The smallest absolute Gasteiger partial charge is 0.162 e. The lowest BCUT2D eigenvalue weighted by Gasteiger charge is -2.36. The molecule has 1 aromatic carbocycles. The zero-order chi connectivity index (χ0) is 17.0. The minimum Gasteiger partial charge on any atom is -0.493 e. The number of carbonyl (C=O) groups excluding carboxylic acids is 1. The fraction of sp³-hybridized carbons (Fsp3) is 0.611.